The third-order valence-corrected chi connectivity index (χ3v) is 12.7. The fourth-order valence-electron chi connectivity index (χ4n) is 8.81. The van der Waals surface area contributed by atoms with Crippen LogP contribution in [0.3, 0.4) is 0 Å². The van der Waals surface area contributed by atoms with Crippen LogP contribution in [0.25, 0.3) is 0 Å². The molecule has 0 aromatic carbocycles. The molecule has 0 spiro atoms. The van der Waals surface area contributed by atoms with Gasteiger partial charge in [0.15, 0.2) is 6.10 Å². The Kier molecular flexibility index (Phi) is 38.7. The van der Waals surface area contributed by atoms with Crippen LogP contribution >= 0.6 is 11.6 Å². The smallest absolute Gasteiger partial charge is 0.220 e. The fourth-order valence-corrected chi connectivity index (χ4v) is 8.91. The Morgan fingerprint density at radius 2 is 1.09 bits per heavy atom. The van der Waals surface area contributed by atoms with Gasteiger partial charge in [-0.2, -0.15) is 0 Å². The van der Waals surface area contributed by atoms with E-state index < -0.39 is 12.2 Å². The van der Waals surface area contributed by atoms with Crippen LogP contribution in [0.15, 0.2) is 0 Å². The third-order valence-electron chi connectivity index (χ3n) is 12.3. The van der Waals surface area contributed by atoms with Crippen molar-refractivity contribution in [3.05, 3.63) is 0 Å². The van der Waals surface area contributed by atoms with Crippen LogP contribution in [-0.2, 0) is 28.8 Å². The molecule has 1 aliphatic rings. The Bertz CT molecular complexity index is 1310. The van der Waals surface area contributed by atoms with Crippen molar-refractivity contribution in [1.82, 2.24) is 15.5 Å². The SMILES string of the molecule is CCCCN(CCCC(=O)CCCCC(C)=O)CC(O)C[N+](CCCC(=O)CCCCC(C)=O)(CCCC(=O)CCCCC(=O)NCC[N+]1(CCNC)CC(O)C1)CC(O)CCl.[Cl-].[Cl-]. The molecule has 3 atom stereocenters. The second-order valence-electron chi connectivity index (χ2n) is 18.5. The van der Waals surface area contributed by atoms with Gasteiger partial charge in [0.2, 0.25) is 5.91 Å². The van der Waals surface area contributed by atoms with Crippen molar-refractivity contribution < 1.29 is 77.9 Å². The molecular formula is C47H88Cl3N5O9. The average molecular weight is 974 g/mol. The molecule has 0 aromatic rings. The number of carbonyl (C=O) groups excluding carboxylic acids is 6. The number of halogens is 3. The first kappa shape index (κ1) is 64.5. The van der Waals surface area contributed by atoms with Crippen molar-refractivity contribution in [3.63, 3.8) is 0 Å². The van der Waals surface area contributed by atoms with E-state index in [0.29, 0.717) is 166 Å². The van der Waals surface area contributed by atoms with Crippen molar-refractivity contribution in [2.24, 2.45) is 0 Å². The van der Waals surface area contributed by atoms with E-state index in [-0.39, 0.29) is 78.2 Å². The van der Waals surface area contributed by atoms with Crippen molar-refractivity contribution in [1.29, 1.82) is 0 Å². The van der Waals surface area contributed by atoms with E-state index >= 15 is 0 Å². The van der Waals surface area contributed by atoms with Crippen LogP contribution in [0.2, 0.25) is 0 Å². The highest BCUT2D eigenvalue weighted by atomic mass is 35.5. The zero-order valence-corrected chi connectivity index (χ0v) is 42.3. The summed E-state index contributed by atoms with van der Waals surface area (Å²) in [5, 5.41) is 38.7. The van der Waals surface area contributed by atoms with Crippen molar-refractivity contribution in [2.75, 3.05) is 98.0 Å². The number of alkyl halides is 1. The molecule has 0 radical (unpaired) electrons. The lowest BCUT2D eigenvalue weighted by Crippen LogP contribution is -3.00. The predicted molar refractivity (Wildman–Crippen MR) is 246 cm³/mol. The summed E-state index contributed by atoms with van der Waals surface area (Å²) < 4.78 is 1.11. The van der Waals surface area contributed by atoms with E-state index in [1.165, 1.54) is 0 Å². The minimum atomic E-state index is -0.844. The van der Waals surface area contributed by atoms with Crippen molar-refractivity contribution in [2.45, 2.75) is 167 Å². The number of nitrogens with one attached hydrogen (secondary N) is 2. The van der Waals surface area contributed by atoms with Gasteiger partial charge in [-0.1, -0.05) is 13.3 Å². The second-order valence-corrected chi connectivity index (χ2v) is 18.8. The number of rotatable bonds is 43. The highest BCUT2D eigenvalue weighted by Gasteiger charge is 2.42. The number of hydrogen-bond acceptors (Lipinski definition) is 11. The molecule has 1 aliphatic heterocycles. The largest absolute Gasteiger partial charge is 1.00 e. The highest BCUT2D eigenvalue weighted by Crippen LogP contribution is 2.21. The minimum absolute atomic E-state index is 0. The van der Waals surface area contributed by atoms with Crippen molar-refractivity contribution in [3.8, 4) is 0 Å². The number of likely N-dealkylation sites (tertiary alicyclic amines) is 1. The molecule has 1 rings (SSSR count). The van der Waals surface area contributed by atoms with Gasteiger partial charge in [-0.3, -0.25) is 19.2 Å². The lowest BCUT2D eigenvalue weighted by molar-refractivity contribution is -0.970. The average Bonchev–Trinajstić information content (AvgIpc) is 3.20. The van der Waals surface area contributed by atoms with Gasteiger partial charge in [0.25, 0.3) is 0 Å². The van der Waals surface area contributed by atoms with E-state index in [0.717, 1.165) is 49.9 Å². The fraction of sp³-hybridized carbons (Fsp3) is 0.872. The number of quaternary nitrogens is 2. The van der Waals surface area contributed by atoms with Gasteiger partial charge in [0.1, 0.15) is 67.3 Å². The molecule has 17 heteroatoms. The van der Waals surface area contributed by atoms with Gasteiger partial charge in [-0.15, -0.1) is 11.6 Å². The molecule has 5 N–H and O–H groups in total. The summed E-state index contributed by atoms with van der Waals surface area (Å²) in [5.41, 5.74) is 0. The van der Waals surface area contributed by atoms with Gasteiger partial charge >= 0.3 is 0 Å². The minimum Gasteiger partial charge on any atom is -1.00 e. The van der Waals surface area contributed by atoms with Gasteiger partial charge in [-0.25, -0.2) is 0 Å². The first-order valence-electron chi connectivity index (χ1n) is 24.0. The maximum Gasteiger partial charge on any atom is 0.220 e. The summed E-state index contributed by atoms with van der Waals surface area (Å²) in [7, 11) is 1.91. The molecule has 0 saturated carbocycles. The van der Waals surface area contributed by atoms with Crippen LogP contribution in [0.1, 0.15) is 149 Å². The summed E-state index contributed by atoms with van der Waals surface area (Å²) in [6, 6.07) is 0. The number of aliphatic hydroxyl groups is 3. The molecule has 1 heterocycles. The Hall–Kier alpha value is -1.59. The molecule has 14 nitrogen and oxygen atoms in total. The molecular weight excluding hydrogens is 885 g/mol. The number of amides is 1. The third kappa shape index (κ3) is 32.2. The maximum atomic E-state index is 13.1. The number of unbranched alkanes of at least 4 members (excludes halogenated alkanes) is 4. The van der Waals surface area contributed by atoms with E-state index in [2.05, 4.69) is 22.5 Å². The normalized spacial score (nSPS) is 17.6. The molecule has 1 amide bonds. The number of carbonyl (C=O) groups is 6. The van der Waals surface area contributed by atoms with Gasteiger partial charge < -0.3 is 74.2 Å². The van der Waals surface area contributed by atoms with E-state index in [1.807, 2.05) is 7.05 Å². The summed E-state index contributed by atoms with van der Waals surface area (Å²) in [6.07, 6.45) is 9.52. The number of nitrogens with zero attached hydrogens (tertiary/aromatic N) is 3. The Morgan fingerprint density at radius 1 is 0.656 bits per heavy atom. The van der Waals surface area contributed by atoms with E-state index in [1.54, 1.807) is 13.8 Å². The molecule has 376 valence electrons. The standard InChI is InChI=1S/C47H87ClN5O9.2ClH/c1-5-6-27-51(28-13-21-41(56)18-9-7-16-39(2)54)34-45(60)36-52(35-44(59)33-48,29-14-22-42(57)19-10-8-17-40(3)55)30-15-23-43(58)20-11-12-24-47(62)50-26-32-53(31-25-49-4)37-46(61)38-53;;/h44-46,49,59-61H,5-38H2,1-4H3;2*1H/q+1;;/p-1. The van der Waals surface area contributed by atoms with E-state index in [9.17, 15) is 44.1 Å². The molecule has 1 saturated heterocycles. The zero-order valence-electron chi connectivity index (χ0n) is 40.0. The topological polar surface area (TPSA) is 190 Å². The van der Waals surface area contributed by atoms with Gasteiger partial charge in [0, 0.05) is 83.7 Å². The molecule has 1 fully saturated rings. The summed E-state index contributed by atoms with van der Waals surface area (Å²) in [6.45, 7) is 13.2. The number of ketones is 5. The first-order valence-corrected chi connectivity index (χ1v) is 24.6. The lowest BCUT2D eigenvalue weighted by atomic mass is 10.0. The predicted octanol–water partition coefficient (Wildman–Crippen LogP) is -1.69. The zero-order chi connectivity index (χ0) is 46.2. The van der Waals surface area contributed by atoms with Crippen molar-refractivity contribution >= 4 is 46.4 Å². The van der Waals surface area contributed by atoms with Crippen LogP contribution in [0, 0.1) is 0 Å². The van der Waals surface area contributed by atoms with E-state index in [4.69, 9.17) is 11.6 Å². The quantitative estimate of drug-likeness (QED) is 0.0267. The Balaban J connectivity index is 0. The van der Waals surface area contributed by atoms with Crippen LogP contribution in [0.5, 0.6) is 0 Å². The first-order chi connectivity index (χ1) is 29.6. The molecule has 0 aromatic heterocycles. The number of hydrogen-bond donors (Lipinski definition) is 5. The van der Waals surface area contributed by atoms with Crippen LogP contribution in [0.4, 0.5) is 0 Å². The Labute approximate surface area is 403 Å². The van der Waals surface area contributed by atoms with Crippen LogP contribution in [-0.4, -0.2) is 180 Å². The summed E-state index contributed by atoms with van der Waals surface area (Å²) >= 11 is 6.16. The second kappa shape index (κ2) is 38.4. The summed E-state index contributed by atoms with van der Waals surface area (Å²) in [5.74, 6) is 0.657. The summed E-state index contributed by atoms with van der Waals surface area (Å²) in [4.78, 5) is 75.8. The molecule has 0 bridgehead atoms. The van der Waals surface area contributed by atoms with Crippen LogP contribution < -0.4 is 35.4 Å². The maximum absolute atomic E-state index is 13.1. The molecule has 3 unspecified atom stereocenters. The number of Topliss-reactive ketones (excluding diaryl/α,β-unsaturated/α-hetero) is 5. The molecule has 0 aliphatic carbocycles. The van der Waals surface area contributed by atoms with Gasteiger partial charge in [-0.05, 0) is 85.4 Å². The highest BCUT2D eigenvalue weighted by molar-refractivity contribution is 6.18. The monoisotopic (exact) mass is 972 g/mol. The van der Waals surface area contributed by atoms with Gasteiger partial charge in [0.05, 0.1) is 38.6 Å². The number of likely N-dealkylation sites (N-methyl/N-ethyl adjacent to an activating group) is 1. The Morgan fingerprint density at radius 3 is 1.56 bits per heavy atom. The molecule has 64 heavy (non-hydrogen) atoms. The number of aliphatic hydroxyl groups excluding tert-OH is 3. The lowest BCUT2D eigenvalue weighted by Gasteiger charge is -2.48.